The lowest BCUT2D eigenvalue weighted by molar-refractivity contribution is 0.121. The predicted molar refractivity (Wildman–Crippen MR) is 124 cm³/mol. The monoisotopic (exact) mass is 417 g/mol. The molecule has 0 aromatic heterocycles. The standard InChI is InChI=1S/C23H39N5O2/c1-4-24-23(25-17-19-9-12-27(13-10-19)15-16-29-2)26-20-11-14-28(18-20)21-7-5-6-8-22(21)30-3/h5-8,19-20H,4,9-18H2,1-3H3,(H2,24,25,26). The van der Waals surface area contributed by atoms with Gasteiger partial charge in [0.1, 0.15) is 5.75 Å². The van der Waals surface area contributed by atoms with Crippen molar-refractivity contribution in [2.24, 2.45) is 10.9 Å². The van der Waals surface area contributed by atoms with E-state index in [-0.39, 0.29) is 0 Å². The number of piperidine rings is 1. The van der Waals surface area contributed by atoms with E-state index in [1.165, 1.54) is 18.5 Å². The maximum atomic E-state index is 5.54. The molecule has 0 bridgehead atoms. The number of aliphatic imine (C=N–C) groups is 1. The fourth-order valence-corrected chi connectivity index (χ4v) is 4.33. The minimum atomic E-state index is 0.392. The normalized spacial score (nSPS) is 21.1. The number of nitrogens with one attached hydrogen (secondary N) is 2. The van der Waals surface area contributed by atoms with Crippen molar-refractivity contribution >= 4 is 11.6 Å². The molecule has 7 nitrogen and oxygen atoms in total. The Morgan fingerprint density at radius 1 is 1.13 bits per heavy atom. The van der Waals surface area contributed by atoms with Crippen LogP contribution in [-0.2, 0) is 4.74 Å². The number of anilines is 1. The lowest BCUT2D eigenvalue weighted by Crippen LogP contribution is -2.45. The second kappa shape index (κ2) is 12.0. The van der Waals surface area contributed by atoms with E-state index in [1.54, 1.807) is 14.2 Å². The Morgan fingerprint density at radius 2 is 1.93 bits per heavy atom. The van der Waals surface area contributed by atoms with Gasteiger partial charge in [-0.25, -0.2) is 0 Å². The first-order valence-corrected chi connectivity index (χ1v) is 11.4. The van der Waals surface area contributed by atoms with Crippen LogP contribution in [0, 0.1) is 5.92 Å². The predicted octanol–water partition coefficient (Wildman–Crippen LogP) is 2.19. The first-order chi connectivity index (χ1) is 14.7. The lowest BCUT2D eigenvalue weighted by Gasteiger charge is -2.31. The van der Waals surface area contributed by atoms with Crippen molar-refractivity contribution in [3.63, 3.8) is 0 Å². The molecule has 168 valence electrons. The van der Waals surface area contributed by atoms with Gasteiger partial charge in [-0.2, -0.15) is 0 Å². The van der Waals surface area contributed by atoms with Gasteiger partial charge in [0.2, 0.25) is 0 Å². The summed E-state index contributed by atoms with van der Waals surface area (Å²) in [7, 11) is 3.51. The summed E-state index contributed by atoms with van der Waals surface area (Å²) in [5.74, 6) is 2.56. The van der Waals surface area contributed by atoms with Crippen LogP contribution in [0.15, 0.2) is 29.3 Å². The van der Waals surface area contributed by atoms with Crippen LogP contribution in [0.5, 0.6) is 5.75 Å². The number of rotatable bonds is 9. The Hall–Kier alpha value is -1.99. The number of likely N-dealkylation sites (tertiary alicyclic amines) is 1. The first kappa shape index (κ1) is 22.7. The summed E-state index contributed by atoms with van der Waals surface area (Å²) in [6, 6.07) is 8.65. The minimum Gasteiger partial charge on any atom is -0.495 e. The summed E-state index contributed by atoms with van der Waals surface area (Å²) in [6.07, 6.45) is 3.54. The SMILES string of the molecule is CCNC(=NCC1CCN(CCOC)CC1)NC1CCN(c2ccccc2OC)C1. The third-order valence-electron chi connectivity index (χ3n) is 6.13. The molecule has 2 N–H and O–H groups in total. The molecule has 2 aliphatic heterocycles. The van der Waals surface area contributed by atoms with Crippen molar-refractivity contribution in [1.29, 1.82) is 0 Å². The summed E-state index contributed by atoms with van der Waals surface area (Å²) in [4.78, 5) is 9.82. The van der Waals surface area contributed by atoms with Gasteiger partial charge in [0.05, 0.1) is 19.4 Å². The van der Waals surface area contributed by atoms with E-state index in [1.807, 2.05) is 12.1 Å². The van der Waals surface area contributed by atoms with Crippen LogP contribution in [0.2, 0.25) is 0 Å². The quantitative estimate of drug-likeness (QED) is 0.474. The van der Waals surface area contributed by atoms with Gasteiger partial charge >= 0.3 is 0 Å². The topological polar surface area (TPSA) is 61.4 Å². The Morgan fingerprint density at radius 3 is 2.67 bits per heavy atom. The van der Waals surface area contributed by atoms with Gasteiger partial charge < -0.3 is 29.9 Å². The molecule has 1 aromatic rings. The van der Waals surface area contributed by atoms with Crippen LogP contribution in [0.3, 0.4) is 0 Å². The van der Waals surface area contributed by atoms with E-state index in [9.17, 15) is 0 Å². The molecule has 0 aliphatic carbocycles. The summed E-state index contributed by atoms with van der Waals surface area (Å²) < 4.78 is 10.7. The van der Waals surface area contributed by atoms with Crippen molar-refractivity contribution in [3.8, 4) is 5.75 Å². The molecule has 0 spiro atoms. The Bertz CT molecular complexity index is 661. The molecule has 0 radical (unpaired) electrons. The number of hydrogen-bond acceptors (Lipinski definition) is 5. The Labute approximate surface area is 181 Å². The molecule has 30 heavy (non-hydrogen) atoms. The fourth-order valence-electron chi connectivity index (χ4n) is 4.33. The first-order valence-electron chi connectivity index (χ1n) is 11.4. The maximum absolute atomic E-state index is 5.54. The summed E-state index contributed by atoms with van der Waals surface area (Å²) in [5, 5.41) is 7.09. The molecular formula is C23H39N5O2. The molecule has 0 saturated carbocycles. The minimum absolute atomic E-state index is 0.392. The molecule has 0 amide bonds. The number of para-hydroxylation sites is 2. The van der Waals surface area contributed by atoms with Gasteiger partial charge in [-0.3, -0.25) is 4.99 Å². The van der Waals surface area contributed by atoms with Crippen molar-refractivity contribution < 1.29 is 9.47 Å². The largest absolute Gasteiger partial charge is 0.495 e. The third kappa shape index (κ3) is 6.51. The molecule has 1 aromatic carbocycles. The van der Waals surface area contributed by atoms with Crippen LogP contribution in [0.25, 0.3) is 0 Å². The number of benzene rings is 1. The summed E-state index contributed by atoms with van der Waals surface area (Å²) >= 11 is 0. The summed E-state index contributed by atoms with van der Waals surface area (Å²) in [6.45, 7) is 10.1. The van der Waals surface area contributed by atoms with Gasteiger partial charge in [0.15, 0.2) is 5.96 Å². The van der Waals surface area contributed by atoms with E-state index in [0.717, 1.165) is 70.6 Å². The molecule has 7 heteroatoms. The highest BCUT2D eigenvalue weighted by atomic mass is 16.5. The van der Waals surface area contributed by atoms with Crippen LogP contribution >= 0.6 is 0 Å². The van der Waals surface area contributed by atoms with Crippen molar-refractivity contribution in [3.05, 3.63) is 24.3 Å². The smallest absolute Gasteiger partial charge is 0.191 e. The maximum Gasteiger partial charge on any atom is 0.191 e. The second-order valence-electron chi connectivity index (χ2n) is 8.25. The van der Waals surface area contributed by atoms with Crippen LogP contribution < -0.4 is 20.3 Å². The van der Waals surface area contributed by atoms with Gasteiger partial charge in [0, 0.05) is 45.9 Å². The average Bonchev–Trinajstić information content (AvgIpc) is 3.25. The van der Waals surface area contributed by atoms with E-state index < -0.39 is 0 Å². The van der Waals surface area contributed by atoms with Gasteiger partial charge in [-0.1, -0.05) is 12.1 Å². The average molecular weight is 418 g/mol. The number of nitrogens with zero attached hydrogens (tertiary/aromatic N) is 3. The van der Waals surface area contributed by atoms with Crippen molar-refractivity contribution in [1.82, 2.24) is 15.5 Å². The number of hydrogen-bond donors (Lipinski definition) is 2. The highest BCUT2D eigenvalue weighted by Crippen LogP contribution is 2.30. The summed E-state index contributed by atoms with van der Waals surface area (Å²) in [5.41, 5.74) is 1.17. The molecular weight excluding hydrogens is 378 g/mol. The third-order valence-corrected chi connectivity index (χ3v) is 6.13. The number of guanidine groups is 1. The van der Waals surface area contributed by atoms with E-state index in [4.69, 9.17) is 14.5 Å². The molecule has 2 saturated heterocycles. The molecule has 1 unspecified atom stereocenters. The molecule has 2 fully saturated rings. The second-order valence-corrected chi connectivity index (χ2v) is 8.25. The zero-order valence-corrected chi connectivity index (χ0v) is 18.9. The fraction of sp³-hybridized carbons (Fsp3) is 0.696. The molecule has 3 rings (SSSR count). The zero-order valence-electron chi connectivity index (χ0n) is 18.9. The van der Waals surface area contributed by atoms with E-state index in [2.05, 4.69) is 39.5 Å². The molecule has 1 atom stereocenters. The van der Waals surface area contributed by atoms with E-state index >= 15 is 0 Å². The number of methoxy groups -OCH3 is 2. The highest BCUT2D eigenvalue weighted by Gasteiger charge is 2.25. The van der Waals surface area contributed by atoms with Crippen LogP contribution in [0.1, 0.15) is 26.2 Å². The Kier molecular flexibility index (Phi) is 9.08. The molecule has 2 aliphatic rings. The van der Waals surface area contributed by atoms with Crippen LogP contribution in [-0.4, -0.2) is 83.5 Å². The van der Waals surface area contributed by atoms with Crippen LogP contribution in [0.4, 0.5) is 5.69 Å². The van der Waals surface area contributed by atoms with Gasteiger partial charge in [-0.05, 0) is 57.3 Å². The Balaban J connectivity index is 1.48. The highest BCUT2D eigenvalue weighted by molar-refractivity contribution is 5.80. The van der Waals surface area contributed by atoms with Crippen molar-refractivity contribution in [2.75, 3.05) is 71.5 Å². The lowest BCUT2D eigenvalue weighted by atomic mass is 9.97. The van der Waals surface area contributed by atoms with Gasteiger partial charge in [0.25, 0.3) is 0 Å². The van der Waals surface area contributed by atoms with E-state index in [0.29, 0.717) is 12.0 Å². The number of ether oxygens (including phenoxy) is 2. The van der Waals surface area contributed by atoms with Crippen molar-refractivity contribution in [2.45, 2.75) is 32.2 Å². The zero-order chi connectivity index (χ0) is 21.2. The van der Waals surface area contributed by atoms with Gasteiger partial charge in [-0.15, -0.1) is 0 Å². The molecule has 2 heterocycles.